The lowest BCUT2D eigenvalue weighted by atomic mass is 10.2. The predicted molar refractivity (Wildman–Crippen MR) is 45.9 cm³/mol. The van der Waals surface area contributed by atoms with E-state index in [2.05, 4.69) is 41.7 Å². The Balaban J connectivity index is 0. The molecule has 4 heteroatoms. The van der Waals surface area contributed by atoms with Crippen LogP contribution in [-0.2, 0) is 0 Å². The van der Waals surface area contributed by atoms with Crippen LogP contribution in [0.4, 0.5) is 0 Å². The normalized spacial score (nSPS) is 7.11. The molecule has 0 radical (unpaired) electrons. The van der Waals surface area contributed by atoms with Gasteiger partial charge in [0, 0.05) is 5.97 Å². The number of nitrogens with zero attached hydrogens (tertiary/aromatic N) is 2. The van der Waals surface area contributed by atoms with Gasteiger partial charge in [-0.15, -0.1) is 15.8 Å². The fraction of sp³-hybridized carbons (Fsp3) is 0.800. The Labute approximate surface area is 66.1 Å². The van der Waals surface area contributed by atoms with Gasteiger partial charge in [0.05, 0.1) is 0 Å². The maximum absolute atomic E-state index is 7.58. The van der Waals surface area contributed by atoms with Crippen molar-refractivity contribution in [2.75, 3.05) is 20.6 Å². The SMILES string of the molecule is CCN(C)C.N#CBBr. The highest BCUT2D eigenvalue weighted by atomic mass is 79.9. The summed E-state index contributed by atoms with van der Waals surface area (Å²) >= 11 is 2.89. The molecule has 0 heterocycles. The average Bonchev–Trinajstić information content (AvgIpc) is 1.89. The summed E-state index contributed by atoms with van der Waals surface area (Å²) in [6.07, 6.45) is 0.438. The van der Waals surface area contributed by atoms with E-state index in [-0.39, 0.29) is 0 Å². The molecule has 0 saturated carbocycles. The molecule has 0 bridgehead atoms. The van der Waals surface area contributed by atoms with Crippen molar-refractivity contribution < 1.29 is 0 Å². The first-order chi connectivity index (χ1) is 4.18. The largest absolute Gasteiger partial charge is 0.326 e. The molecule has 0 saturated heterocycles. The minimum Gasteiger partial charge on any atom is -0.310 e. The first-order valence-corrected chi connectivity index (χ1v) is 3.88. The molecule has 0 atom stereocenters. The zero-order chi connectivity index (χ0) is 7.70. The van der Waals surface area contributed by atoms with Crippen molar-refractivity contribution in [1.29, 1.82) is 5.26 Å². The fourth-order valence-electron chi connectivity index (χ4n) is 0. The first-order valence-electron chi connectivity index (χ1n) is 2.76. The number of hydrogen-bond donors (Lipinski definition) is 0. The third kappa shape index (κ3) is 32.0. The van der Waals surface area contributed by atoms with Crippen LogP contribution in [0.25, 0.3) is 0 Å². The Bertz CT molecular complexity index is 79.5. The molecule has 9 heavy (non-hydrogen) atoms. The van der Waals surface area contributed by atoms with Crippen LogP contribution in [0, 0.1) is 11.2 Å². The van der Waals surface area contributed by atoms with E-state index in [9.17, 15) is 0 Å². The van der Waals surface area contributed by atoms with Crippen LogP contribution >= 0.6 is 15.8 Å². The lowest BCUT2D eigenvalue weighted by Gasteiger charge is -2.00. The second-order valence-corrected chi connectivity index (χ2v) is 2.25. The molecule has 0 amide bonds. The summed E-state index contributed by atoms with van der Waals surface area (Å²) in [6.45, 7) is 3.26. The van der Waals surface area contributed by atoms with E-state index >= 15 is 0 Å². The Morgan fingerprint density at radius 1 is 1.67 bits per heavy atom. The molecule has 0 aromatic rings. The van der Waals surface area contributed by atoms with Gasteiger partial charge in [-0.2, -0.15) is 0 Å². The van der Waals surface area contributed by atoms with E-state index in [1.165, 1.54) is 0 Å². The van der Waals surface area contributed by atoms with E-state index in [1.54, 1.807) is 0 Å². The maximum Gasteiger partial charge on any atom is 0.326 e. The van der Waals surface area contributed by atoms with Gasteiger partial charge in [-0.25, -0.2) is 5.26 Å². The van der Waals surface area contributed by atoms with Crippen molar-refractivity contribution in [2.45, 2.75) is 6.92 Å². The average molecular weight is 191 g/mol. The molecule has 2 nitrogen and oxygen atoms in total. The molecular weight excluding hydrogens is 179 g/mol. The lowest BCUT2D eigenvalue weighted by Crippen LogP contribution is -2.08. The monoisotopic (exact) mass is 190 g/mol. The van der Waals surface area contributed by atoms with Crippen molar-refractivity contribution in [1.82, 2.24) is 4.90 Å². The van der Waals surface area contributed by atoms with E-state index in [1.807, 2.05) is 5.97 Å². The minimum atomic E-state index is 0.438. The summed E-state index contributed by atoms with van der Waals surface area (Å²) < 4.78 is 0. The summed E-state index contributed by atoms with van der Waals surface area (Å²) in [4.78, 5) is 2.12. The summed E-state index contributed by atoms with van der Waals surface area (Å²) in [5, 5.41) is 7.58. The van der Waals surface area contributed by atoms with Crippen LogP contribution in [0.5, 0.6) is 0 Å². The highest BCUT2D eigenvalue weighted by molar-refractivity contribution is 9.23. The summed E-state index contributed by atoms with van der Waals surface area (Å²) in [5.74, 6) is 1.85. The smallest absolute Gasteiger partial charge is 0.310 e. The van der Waals surface area contributed by atoms with Crippen LogP contribution in [0.3, 0.4) is 0 Å². The summed E-state index contributed by atoms with van der Waals surface area (Å²) in [7, 11) is 4.11. The van der Waals surface area contributed by atoms with E-state index in [0.29, 0.717) is 6.10 Å². The highest BCUT2D eigenvalue weighted by Crippen LogP contribution is 1.63. The lowest BCUT2D eigenvalue weighted by molar-refractivity contribution is 0.434. The molecule has 0 aliphatic heterocycles. The van der Waals surface area contributed by atoms with Crippen molar-refractivity contribution >= 4 is 21.9 Å². The maximum atomic E-state index is 7.58. The molecule has 0 aromatic carbocycles. The van der Waals surface area contributed by atoms with Crippen LogP contribution < -0.4 is 0 Å². The minimum absolute atomic E-state index is 0.438. The van der Waals surface area contributed by atoms with Gasteiger partial charge in [0.1, 0.15) is 0 Å². The van der Waals surface area contributed by atoms with Crippen molar-refractivity contribution in [2.24, 2.45) is 0 Å². The molecule has 0 spiro atoms. The van der Waals surface area contributed by atoms with Gasteiger partial charge in [0.2, 0.25) is 0 Å². The molecule has 0 fully saturated rings. The Morgan fingerprint density at radius 2 is 1.89 bits per heavy atom. The Hall–Kier alpha value is -0.00506. The third-order valence-corrected chi connectivity index (χ3v) is 0.943. The number of hydrogen-bond acceptors (Lipinski definition) is 2. The van der Waals surface area contributed by atoms with E-state index in [4.69, 9.17) is 5.26 Å². The molecular formula is C5H12BBrN2. The topological polar surface area (TPSA) is 27.0 Å². The molecule has 0 aliphatic rings. The molecule has 52 valence electrons. The van der Waals surface area contributed by atoms with Crippen LogP contribution in [0.1, 0.15) is 6.92 Å². The molecule has 0 aliphatic carbocycles. The van der Waals surface area contributed by atoms with Crippen molar-refractivity contribution in [3.8, 4) is 5.97 Å². The van der Waals surface area contributed by atoms with Crippen molar-refractivity contribution in [3.63, 3.8) is 0 Å². The molecule has 0 unspecified atom stereocenters. The third-order valence-electron chi connectivity index (χ3n) is 0.692. The van der Waals surface area contributed by atoms with Gasteiger partial charge < -0.3 is 4.90 Å². The highest BCUT2D eigenvalue weighted by Gasteiger charge is 1.72. The zero-order valence-corrected chi connectivity index (χ0v) is 7.77. The quantitative estimate of drug-likeness (QED) is 0.572. The van der Waals surface area contributed by atoms with Crippen LogP contribution in [0.2, 0.25) is 0 Å². The standard InChI is InChI=1S/C4H11N.CHBBrN/c1-4-5(2)3;3-2-1-4/h4H2,1-3H3;2H. The van der Waals surface area contributed by atoms with Gasteiger partial charge >= 0.3 is 6.10 Å². The van der Waals surface area contributed by atoms with Crippen molar-refractivity contribution in [3.05, 3.63) is 0 Å². The van der Waals surface area contributed by atoms with Gasteiger partial charge in [-0.3, -0.25) is 0 Å². The molecule has 0 aromatic heterocycles. The number of nitriles is 1. The second-order valence-electron chi connectivity index (χ2n) is 1.69. The van der Waals surface area contributed by atoms with E-state index in [0.717, 1.165) is 6.54 Å². The predicted octanol–water partition coefficient (Wildman–Crippen LogP) is 0.782. The Kier molecular flexibility index (Phi) is 14.2. The van der Waals surface area contributed by atoms with Crippen LogP contribution in [-0.4, -0.2) is 31.6 Å². The van der Waals surface area contributed by atoms with Gasteiger partial charge in [0.15, 0.2) is 0 Å². The number of rotatable bonds is 1. The second kappa shape index (κ2) is 10.9. The zero-order valence-electron chi connectivity index (χ0n) is 6.19. The Morgan fingerprint density at radius 3 is 1.89 bits per heavy atom. The van der Waals surface area contributed by atoms with Gasteiger partial charge in [-0.1, -0.05) is 6.92 Å². The van der Waals surface area contributed by atoms with Crippen LogP contribution in [0.15, 0.2) is 0 Å². The molecule has 0 N–H and O–H groups in total. The summed E-state index contributed by atoms with van der Waals surface area (Å²) in [5.41, 5.74) is 0. The fourth-order valence-corrected chi connectivity index (χ4v) is 0. The molecule has 0 rings (SSSR count). The first kappa shape index (κ1) is 11.8. The van der Waals surface area contributed by atoms with Gasteiger partial charge in [0.25, 0.3) is 0 Å². The van der Waals surface area contributed by atoms with E-state index < -0.39 is 0 Å². The van der Waals surface area contributed by atoms with Gasteiger partial charge in [-0.05, 0) is 20.6 Å². The number of halogens is 1. The summed E-state index contributed by atoms with van der Waals surface area (Å²) in [6, 6.07) is 0.